The second kappa shape index (κ2) is 8.23. The van der Waals surface area contributed by atoms with Gasteiger partial charge in [0.25, 0.3) is 0 Å². The van der Waals surface area contributed by atoms with Gasteiger partial charge in [-0.3, -0.25) is 9.69 Å². The molecule has 0 unspecified atom stereocenters. The Kier molecular flexibility index (Phi) is 5.97. The Morgan fingerprint density at radius 3 is 2.33 bits per heavy atom. The highest BCUT2D eigenvalue weighted by molar-refractivity contribution is 5.80. The molecule has 27 heavy (non-hydrogen) atoms. The molecule has 1 aliphatic rings. The van der Waals surface area contributed by atoms with Crippen LogP contribution in [0.4, 0.5) is 13.2 Å². The van der Waals surface area contributed by atoms with Crippen molar-refractivity contribution in [2.45, 2.75) is 19.1 Å². The van der Waals surface area contributed by atoms with Crippen LogP contribution in [0.15, 0.2) is 42.5 Å². The Morgan fingerprint density at radius 2 is 1.67 bits per heavy atom. The zero-order valence-corrected chi connectivity index (χ0v) is 15.3. The van der Waals surface area contributed by atoms with Gasteiger partial charge in [-0.25, -0.2) is 0 Å². The number of hydrogen-bond donors (Lipinski definition) is 0. The molecule has 6 heteroatoms. The molecule has 0 spiro atoms. The van der Waals surface area contributed by atoms with E-state index >= 15 is 0 Å². The highest BCUT2D eigenvalue weighted by Crippen LogP contribution is 2.34. The maximum absolute atomic E-state index is 13.1. The van der Waals surface area contributed by atoms with E-state index in [1.807, 2.05) is 24.3 Å². The predicted molar refractivity (Wildman–Crippen MR) is 99.7 cm³/mol. The van der Waals surface area contributed by atoms with Crippen LogP contribution in [0.25, 0.3) is 11.1 Å². The molecular weight excluding hydrogens is 353 g/mol. The molecule has 0 atom stereocenters. The van der Waals surface area contributed by atoms with Crippen molar-refractivity contribution in [3.8, 4) is 11.1 Å². The lowest BCUT2D eigenvalue weighted by atomic mass is 9.98. The number of likely N-dealkylation sites (N-methyl/N-ethyl adjacent to an activating group) is 1. The molecular formula is C21H23F3N2O. The molecule has 144 valence electrons. The van der Waals surface area contributed by atoms with Crippen LogP contribution >= 0.6 is 0 Å². The zero-order valence-electron chi connectivity index (χ0n) is 15.3. The van der Waals surface area contributed by atoms with E-state index in [1.54, 1.807) is 6.07 Å². The summed E-state index contributed by atoms with van der Waals surface area (Å²) in [6.07, 6.45) is -3.17. The van der Waals surface area contributed by atoms with E-state index in [-0.39, 0.29) is 11.8 Å². The summed E-state index contributed by atoms with van der Waals surface area (Å²) in [6.45, 7) is 5.05. The van der Waals surface area contributed by atoms with Gasteiger partial charge in [0.2, 0.25) is 0 Å². The SMILES string of the molecule is CN1CCCN(Cc2ccc(-c3ccc(C=O)c(C(F)(F)F)c3)cc2)CC1. The smallest absolute Gasteiger partial charge is 0.305 e. The first kappa shape index (κ1) is 19.6. The van der Waals surface area contributed by atoms with Gasteiger partial charge in [-0.1, -0.05) is 36.4 Å². The molecule has 0 radical (unpaired) electrons. The van der Waals surface area contributed by atoms with Crippen LogP contribution < -0.4 is 0 Å². The molecule has 0 aliphatic carbocycles. The van der Waals surface area contributed by atoms with Gasteiger partial charge in [0.05, 0.1) is 5.56 Å². The molecule has 3 nitrogen and oxygen atoms in total. The number of benzene rings is 2. The van der Waals surface area contributed by atoms with Crippen molar-refractivity contribution in [3.05, 3.63) is 59.2 Å². The summed E-state index contributed by atoms with van der Waals surface area (Å²) in [7, 11) is 2.13. The van der Waals surface area contributed by atoms with Crippen molar-refractivity contribution in [2.24, 2.45) is 0 Å². The fourth-order valence-corrected chi connectivity index (χ4v) is 3.40. The summed E-state index contributed by atoms with van der Waals surface area (Å²) in [5.74, 6) is 0. The van der Waals surface area contributed by atoms with Crippen LogP contribution in [0.3, 0.4) is 0 Å². The lowest BCUT2D eigenvalue weighted by Crippen LogP contribution is -2.28. The Balaban J connectivity index is 1.76. The Bertz CT molecular complexity index is 787. The van der Waals surface area contributed by atoms with E-state index < -0.39 is 11.7 Å². The predicted octanol–water partition coefficient (Wildman–Crippen LogP) is 4.32. The van der Waals surface area contributed by atoms with Crippen LogP contribution in [-0.2, 0) is 12.7 Å². The van der Waals surface area contributed by atoms with E-state index in [0.717, 1.165) is 50.8 Å². The van der Waals surface area contributed by atoms with E-state index in [2.05, 4.69) is 16.8 Å². The second-order valence-electron chi connectivity index (χ2n) is 7.05. The molecule has 0 N–H and O–H groups in total. The van der Waals surface area contributed by atoms with E-state index in [1.165, 1.54) is 6.07 Å². The minimum atomic E-state index is -4.55. The van der Waals surface area contributed by atoms with Gasteiger partial charge in [0, 0.05) is 25.2 Å². The van der Waals surface area contributed by atoms with Gasteiger partial charge in [0.1, 0.15) is 0 Å². The summed E-state index contributed by atoms with van der Waals surface area (Å²) in [5.41, 5.74) is 1.07. The lowest BCUT2D eigenvalue weighted by Gasteiger charge is -2.20. The molecule has 1 aliphatic heterocycles. The molecule has 1 heterocycles. The number of rotatable bonds is 4. The molecule has 2 aromatic rings. The molecule has 2 aromatic carbocycles. The van der Waals surface area contributed by atoms with Crippen LogP contribution in [-0.4, -0.2) is 49.3 Å². The van der Waals surface area contributed by atoms with Crippen molar-refractivity contribution < 1.29 is 18.0 Å². The number of aldehydes is 1. The third kappa shape index (κ3) is 4.96. The minimum absolute atomic E-state index is 0.244. The number of carbonyl (C=O) groups is 1. The highest BCUT2D eigenvalue weighted by atomic mass is 19.4. The van der Waals surface area contributed by atoms with E-state index in [9.17, 15) is 18.0 Å². The van der Waals surface area contributed by atoms with Gasteiger partial charge >= 0.3 is 6.18 Å². The van der Waals surface area contributed by atoms with Crippen molar-refractivity contribution in [1.29, 1.82) is 0 Å². The summed E-state index contributed by atoms with van der Waals surface area (Å²) >= 11 is 0. The fraction of sp³-hybridized carbons (Fsp3) is 0.381. The Labute approximate surface area is 157 Å². The number of halogens is 3. The first-order valence-electron chi connectivity index (χ1n) is 9.03. The third-order valence-electron chi connectivity index (χ3n) is 4.99. The van der Waals surface area contributed by atoms with Crippen LogP contribution in [0, 0.1) is 0 Å². The number of nitrogens with zero attached hydrogens (tertiary/aromatic N) is 2. The Hall–Kier alpha value is -2.18. The molecule has 1 saturated heterocycles. The van der Waals surface area contributed by atoms with Crippen molar-refractivity contribution in [3.63, 3.8) is 0 Å². The number of hydrogen-bond acceptors (Lipinski definition) is 3. The average molecular weight is 376 g/mol. The molecule has 0 bridgehead atoms. The summed E-state index contributed by atoms with van der Waals surface area (Å²) in [6, 6.07) is 11.4. The van der Waals surface area contributed by atoms with Crippen molar-refractivity contribution in [2.75, 3.05) is 33.2 Å². The van der Waals surface area contributed by atoms with Gasteiger partial charge in [0.15, 0.2) is 6.29 Å². The van der Waals surface area contributed by atoms with Crippen LogP contribution in [0.2, 0.25) is 0 Å². The fourth-order valence-electron chi connectivity index (χ4n) is 3.40. The van der Waals surface area contributed by atoms with Gasteiger partial charge in [-0.05, 0) is 49.3 Å². The maximum Gasteiger partial charge on any atom is 0.417 e. The average Bonchev–Trinajstić information content (AvgIpc) is 2.85. The monoisotopic (exact) mass is 376 g/mol. The van der Waals surface area contributed by atoms with Crippen LogP contribution in [0.1, 0.15) is 27.9 Å². The molecule has 0 saturated carbocycles. The van der Waals surface area contributed by atoms with Crippen molar-refractivity contribution in [1.82, 2.24) is 9.80 Å². The largest absolute Gasteiger partial charge is 0.417 e. The molecule has 0 aromatic heterocycles. The molecule has 3 rings (SSSR count). The van der Waals surface area contributed by atoms with Crippen LogP contribution in [0.5, 0.6) is 0 Å². The van der Waals surface area contributed by atoms with E-state index in [0.29, 0.717) is 11.1 Å². The topological polar surface area (TPSA) is 23.6 Å². The maximum atomic E-state index is 13.1. The standard InChI is InChI=1S/C21H23F3N2O/c1-25-9-2-10-26(12-11-25)14-16-3-5-17(6-4-16)18-7-8-19(15-27)20(13-18)21(22,23)24/h3-8,13,15H,2,9-12,14H2,1H3. The van der Waals surface area contributed by atoms with Gasteiger partial charge < -0.3 is 4.90 Å². The quantitative estimate of drug-likeness (QED) is 0.743. The van der Waals surface area contributed by atoms with Crippen molar-refractivity contribution >= 4 is 6.29 Å². The first-order chi connectivity index (χ1) is 12.9. The van der Waals surface area contributed by atoms with E-state index in [4.69, 9.17) is 0 Å². The number of alkyl halides is 3. The highest BCUT2D eigenvalue weighted by Gasteiger charge is 2.33. The lowest BCUT2D eigenvalue weighted by molar-refractivity contribution is -0.137. The molecule has 0 amide bonds. The minimum Gasteiger partial charge on any atom is -0.305 e. The normalized spacial score (nSPS) is 16.9. The second-order valence-corrected chi connectivity index (χ2v) is 7.05. The van der Waals surface area contributed by atoms with Gasteiger partial charge in [-0.15, -0.1) is 0 Å². The van der Waals surface area contributed by atoms with Gasteiger partial charge in [-0.2, -0.15) is 13.2 Å². The number of carbonyl (C=O) groups excluding carboxylic acids is 1. The summed E-state index contributed by atoms with van der Waals surface area (Å²) in [4.78, 5) is 15.6. The Morgan fingerprint density at radius 1 is 0.963 bits per heavy atom. The first-order valence-corrected chi connectivity index (χ1v) is 9.03. The summed E-state index contributed by atoms with van der Waals surface area (Å²) in [5, 5.41) is 0. The third-order valence-corrected chi connectivity index (χ3v) is 4.99. The summed E-state index contributed by atoms with van der Waals surface area (Å²) < 4.78 is 39.4. The zero-order chi connectivity index (χ0) is 19.4. The molecule has 1 fully saturated rings.